The van der Waals surface area contributed by atoms with E-state index in [1.54, 1.807) is 25.1 Å². The number of aromatic hydroxyl groups is 1. The number of hydrogen-bond donors (Lipinski definition) is 2. The van der Waals surface area contributed by atoms with Gasteiger partial charge in [-0.05, 0) is 49.1 Å². The molecule has 1 fully saturated rings. The Bertz CT molecular complexity index is 750. The number of thiocarbonyl (C=S) groups is 1. The van der Waals surface area contributed by atoms with E-state index >= 15 is 0 Å². The monoisotopic (exact) mass is 413 g/mol. The molecule has 1 atom stereocenters. The molecule has 0 saturated carbocycles. The summed E-state index contributed by atoms with van der Waals surface area (Å²) in [5.74, 6) is -0.540. The van der Waals surface area contributed by atoms with Crippen molar-refractivity contribution >= 4 is 58.0 Å². The molecule has 0 aromatic heterocycles. The van der Waals surface area contributed by atoms with E-state index in [9.17, 15) is 19.8 Å². The third-order valence-electron chi connectivity index (χ3n) is 3.60. The Morgan fingerprint density at radius 3 is 2.85 bits per heavy atom. The zero-order valence-corrected chi connectivity index (χ0v) is 16.7. The minimum atomic E-state index is -1.07. The van der Waals surface area contributed by atoms with Crippen LogP contribution in [-0.4, -0.2) is 56.0 Å². The number of amides is 1. The lowest BCUT2D eigenvalue weighted by molar-refractivity contribution is -0.145. The van der Waals surface area contributed by atoms with Gasteiger partial charge in [-0.3, -0.25) is 9.69 Å². The summed E-state index contributed by atoms with van der Waals surface area (Å²) in [6.45, 7) is 2.20. The topological polar surface area (TPSA) is 87.1 Å². The molecule has 1 unspecified atom stereocenters. The van der Waals surface area contributed by atoms with Gasteiger partial charge in [0.1, 0.15) is 10.4 Å². The maximum atomic E-state index is 12.7. The number of carboxylic acids is 1. The average Bonchev–Trinajstić information content (AvgIpc) is 2.86. The average molecular weight is 414 g/mol. The molecule has 6 nitrogen and oxygen atoms in total. The summed E-state index contributed by atoms with van der Waals surface area (Å²) in [6.07, 6.45) is 3.82. The van der Waals surface area contributed by atoms with Crippen LogP contribution in [0.1, 0.15) is 18.9 Å². The number of rotatable bonds is 8. The van der Waals surface area contributed by atoms with Crippen LogP contribution < -0.4 is 4.74 Å². The van der Waals surface area contributed by atoms with Crippen LogP contribution in [0.2, 0.25) is 0 Å². The number of ether oxygens (including phenoxy) is 1. The van der Waals surface area contributed by atoms with Crippen LogP contribution in [0, 0.1) is 0 Å². The molecular weight excluding hydrogens is 394 g/mol. The normalized spacial score (nSPS) is 17.0. The zero-order chi connectivity index (χ0) is 19.3. The fraction of sp³-hybridized carbons (Fsp3) is 0.353. The van der Waals surface area contributed by atoms with Gasteiger partial charge in [-0.15, -0.1) is 0 Å². The molecule has 140 valence electrons. The summed E-state index contributed by atoms with van der Waals surface area (Å²) in [4.78, 5) is 25.8. The van der Waals surface area contributed by atoms with Crippen molar-refractivity contribution in [1.82, 2.24) is 4.90 Å². The minimum absolute atomic E-state index is 0.0135. The van der Waals surface area contributed by atoms with Crippen LogP contribution >= 0.6 is 35.7 Å². The van der Waals surface area contributed by atoms with Gasteiger partial charge in [0.15, 0.2) is 11.5 Å². The Kier molecular flexibility index (Phi) is 7.36. The molecule has 0 bridgehead atoms. The fourth-order valence-electron chi connectivity index (χ4n) is 2.38. The Labute approximate surface area is 165 Å². The van der Waals surface area contributed by atoms with Crippen molar-refractivity contribution < 1.29 is 24.5 Å². The van der Waals surface area contributed by atoms with Gasteiger partial charge in [0.05, 0.1) is 11.5 Å². The summed E-state index contributed by atoms with van der Waals surface area (Å²) < 4.78 is 5.57. The lowest BCUT2D eigenvalue weighted by Gasteiger charge is -2.22. The van der Waals surface area contributed by atoms with Crippen LogP contribution in [0.5, 0.6) is 11.5 Å². The van der Waals surface area contributed by atoms with Crippen molar-refractivity contribution in [2.45, 2.75) is 19.4 Å². The summed E-state index contributed by atoms with van der Waals surface area (Å²) in [6, 6.07) is 3.77. The van der Waals surface area contributed by atoms with E-state index in [0.29, 0.717) is 35.0 Å². The number of phenols is 1. The predicted octanol–water partition coefficient (Wildman–Crippen LogP) is 3.20. The van der Waals surface area contributed by atoms with Gasteiger partial charge in [0.2, 0.25) is 0 Å². The van der Waals surface area contributed by atoms with Crippen LogP contribution in [-0.2, 0) is 9.59 Å². The molecule has 1 aromatic rings. The van der Waals surface area contributed by atoms with Crippen molar-refractivity contribution in [3.8, 4) is 11.5 Å². The standard InChI is InChI=1S/C17H19NO5S3/c1-3-23-13-8-10(4-5-12(13)19)9-14-15(20)18(17(24)26-14)11(16(21)22)6-7-25-2/h4-5,8-9,11,19H,3,6-7H2,1-2H3,(H,21,22)/b14-9+. The highest BCUT2D eigenvalue weighted by atomic mass is 32.2. The van der Waals surface area contributed by atoms with Gasteiger partial charge in [0.25, 0.3) is 5.91 Å². The molecule has 0 radical (unpaired) electrons. The van der Waals surface area contributed by atoms with Gasteiger partial charge in [-0.1, -0.05) is 30.0 Å². The summed E-state index contributed by atoms with van der Waals surface area (Å²) >= 11 is 7.83. The first-order valence-corrected chi connectivity index (χ1v) is 10.5. The molecule has 1 heterocycles. The zero-order valence-electron chi connectivity index (χ0n) is 14.3. The number of carbonyl (C=O) groups is 2. The Hall–Kier alpha value is -1.71. The van der Waals surface area contributed by atoms with Crippen LogP contribution in [0.4, 0.5) is 0 Å². The fourth-order valence-corrected chi connectivity index (χ4v) is 4.20. The van der Waals surface area contributed by atoms with E-state index in [1.165, 1.54) is 22.7 Å². The quantitative estimate of drug-likeness (QED) is 0.496. The number of carbonyl (C=O) groups excluding carboxylic acids is 1. The van der Waals surface area contributed by atoms with Crippen molar-refractivity contribution in [2.24, 2.45) is 0 Å². The lowest BCUT2D eigenvalue weighted by Crippen LogP contribution is -2.44. The molecule has 0 spiro atoms. The number of nitrogens with zero attached hydrogens (tertiary/aromatic N) is 1. The Morgan fingerprint density at radius 2 is 2.23 bits per heavy atom. The van der Waals surface area contributed by atoms with E-state index < -0.39 is 17.9 Å². The second-order valence-electron chi connectivity index (χ2n) is 5.35. The van der Waals surface area contributed by atoms with Crippen molar-refractivity contribution in [2.75, 3.05) is 18.6 Å². The highest BCUT2D eigenvalue weighted by molar-refractivity contribution is 8.26. The molecule has 1 amide bonds. The van der Waals surface area contributed by atoms with Crippen LogP contribution in [0.25, 0.3) is 6.08 Å². The van der Waals surface area contributed by atoms with Gasteiger partial charge in [-0.2, -0.15) is 11.8 Å². The number of benzene rings is 1. The molecule has 1 aromatic carbocycles. The summed E-state index contributed by atoms with van der Waals surface area (Å²) in [5, 5.41) is 19.2. The molecule has 2 N–H and O–H groups in total. The molecular formula is C17H19NO5S3. The first-order chi connectivity index (χ1) is 12.4. The predicted molar refractivity (Wildman–Crippen MR) is 109 cm³/mol. The second kappa shape index (κ2) is 9.29. The van der Waals surface area contributed by atoms with Gasteiger partial charge < -0.3 is 14.9 Å². The van der Waals surface area contributed by atoms with Crippen LogP contribution in [0.3, 0.4) is 0 Å². The molecule has 2 rings (SSSR count). The van der Waals surface area contributed by atoms with E-state index in [2.05, 4.69) is 0 Å². The van der Waals surface area contributed by atoms with Crippen LogP contribution in [0.15, 0.2) is 23.1 Å². The number of hydrogen-bond acceptors (Lipinski definition) is 7. The number of thioether (sulfide) groups is 2. The van der Waals surface area contributed by atoms with Crippen molar-refractivity contribution in [3.63, 3.8) is 0 Å². The van der Waals surface area contributed by atoms with E-state index in [0.717, 1.165) is 11.8 Å². The third kappa shape index (κ3) is 4.72. The minimum Gasteiger partial charge on any atom is -0.504 e. The molecule has 9 heteroatoms. The molecule has 1 aliphatic rings. The largest absolute Gasteiger partial charge is 0.504 e. The van der Waals surface area contributed by atoms with Crippen molar-refractivity contribution in [3.05, 3.63) is 28.7 Å². The molecule has 1 aliphatic heterocycles. The smallest absolute Gasteiger partial charge is 0.326 e. The number of aliphatic carboxylic acids is 1. The first-order valence-electron chi connectivity index (χ1n) is 7.83. The Morgan fingerprint density at radius 1 is 1.50 bits per heavy atom. The summed E-state index contributed by atoms with van der Waals surface area (Å²) in [5.41, 5.74) is 0.655. The number of phenolic OH excluding ortho intramolecular Hbond substituents is 1. The van der Waals surface area contributed by atoms with Gasteiger partial charge in [0, 0.05) is 0 Å². The SMILES string of the molecule is CCOc1cc(/C=C2/SC(=S)N(C(CCSC)C(=O)O)C2=O)ccc1O. The maximum Gasteiger partial charge on any atom is 0.326 e. The summed E-state index contributed by atoms with van der Waals surface area (Å²) in [7, 11) is 0. The lowest BCUT2D eigenvalue weighted by atomic mass is 10.1. The van der Waals surface area contributed by atoms with E-state index in [1.807, 2.05) is 6.26 Å². The number of carboxylic acid groups (broad SMARTS) is 1. The molecule has 1 saturated heterocycles. The first kappa shape index (κ1) is 20.6. The molecule has 26 heavy (non-hydrogen) atoms. The Balaban J connectivity index is 2.28. The highest BCUT2D eigenvalue weighted by Gasteiger charge is 2.40. The third-order valence-corrected chi connectivity index (χ3v) is 5.57. The van der Waals surface area contributed by atoms with Gasteiger partial charge >= 0.3 is 5.97 Å². The van der Waals surface area contributed by atoms with E-state index in [-0.39, 0.29) is 10.1 Å². The van der Waals surface area contributed by atoms with Gasteiger partial charge in [-0.25, -0.2) is 4.79 Å². The van der Waals surface area contributed by atoms with Crippen molar-refractivity contribution in [1.29, 1.82) is 0 Å². The molecule has 0 aliphatic carbocycles. The maximum absolute atomic E-state index is 12.7. The second-order valence-corrected chi connectivity index (χ2v) is 8.01. The van der Waals surface area contributed by atoms with E-state index in [4.69, 9.17) is 17.0 Å². The highest BCUT2D eigenvalue weighted by Crippen LogP contribution is 2.36.